The molecular formula is C23H30F2N4O. The van der Waals surface area contributed by atoms with Crippen LogP contribution in [-0.2, 0) is 24.1 Å². The minimum atomic E-state index is -0.642. The number of carbonyl (C=O) groups excluding carboxylic acids is 1. The molecule has 1 amide bonds. The number of amides is 1. The van der Waals surface area contributed by atoms with Crippen LogP contribution in [0.4, 0.5) is 8.78 Å². The maximum atomic E-state index is 13.6. The number of aromatic nitrogens is 1. The third-order valence-corrected chi connectivity index (χ3v) is 5.63. The van der Waals surface area contributed by atoms with Crippen molar-refractivity contribution in [2.75, 3.05) is 6.54 Å². The monoisotopic (exact) mass is 416 g/mol. The van der Waals surface area contributed by atoms with Crippen LogP contribution in [0.3, 0.4) is 0 Å². The van der Waals surface area contributed by atoms with Crippen molar-refractivity contribution >= 4 is 5.91 Å². The van der Waals surface area contributed by atoms with Gasteiger partial charge in [0.25, 0.3) is 0 Å². The molecule has 7 heteroatoms. The number of carbonyl (C=O) groups is 1. The summed E-state index contributed by atoms with van der Waals surface area (Å²) < 4.78 is 27.1. The van der Waals surface area contributed by atoms with Gasteiger partial charge in [-0.15, -0.1) is 0 Å². The lowest BCUT2D eigenvalue weighted by Gasteiger charge is -2.30. The van der Waals surface area contributed by atoms with Gasteiger partial charge in [-0.1, -0.05) is 13.0 Å². The number of nitrogens with two attached hydrogens (primary N) is 1. The fourth-order valence-corrected chi connectivity index (χ4v) is 4.07. The SMILES string of the molecule is CCc1cnc2c(c1)C(NC[C@H](N)[C@H](Cc1cc(F)cc(F)c1)NC(C)=O)CCC2. The number of fused-ring (bicyclic) bond motifs is 1. The van der Waals surface area contributed by atoms with Gasteiger partial charge in [-0.3, -0.25) is 9.78 Å². The smallest absolute Gasteiger partial charge is 0.217 e. The van der Waals surface area contributed by atoms with Gasteiger partial charge in [-0.2, -0.15) is 0 Å². The molecular weight excluding hydrogens is 386 g/mol. The van der Waals surface area contributed by atoms with Crippen molar-refractivity contribution in [1.82, 2.24) is 15.6 Å². The van der Waals surface area contributed by atoms with Crippen LogP contribution in [0.1, 0.15) is 55.1 Å². The van der Waals surface area contributed by atoms with E-state index in [0.29, 0.717) is 12.1 Å². The van der Waals surface area contributed by atoms with Crippen molar-refractivity contribution < 1.29 is 13.6 Å². The topological polar surface area (TPSA) is 80.0 Å². The lowest BCUT2D eigenvalue weighted by Crippen LogP contribution is -2.53. The van der Waals surface area contributed by atoms with Gasteiger partial charge < -0.3 is 16.4 Å². The molecule has 30 heavy (non-hydrogen) atoms. The molecule has 1 unspecified atom stereocenters. The highest BCUT2D eigenvalue weighted by Gasteiger charge is 2.25. The van der Waals surface area contributed by atoms with Crippen LogP contribution in [0.2, 0.25) is 0 Å². The fourth-order valence-electron chi connectivity index (χ4n) is 4.07. The first-order valence-corrected chi connectivity index (χ1v) is 10.5. The van der Waals surface area contributed by atoms with Crippen LogP contribution in [-0.4, -0.2) is 29.5 Å². The van der Waals surface area contributed by atoms with Gasteiger partial charge in [-0.25, -0.2) is 8.78 Å². The Kier molecular flexibility index (Phi) is 7.50. The number of hydrogen-bond acceptors (Lipinski definition) is 4. The molecule has 2 aromatic rings. The number of rotatable bonds is 8. The number of aryl methyl sites for hydroxylation is 2. The van der Waals surface area contributed by atoms with E-state index in [1.165, 1.54) is 30.2 Å². The van der Waals surface area contributed by atoms with Gasteiger partial charge in [0.1, 0.15) is 11.6 Å². The quantitative estimate of drug-likeness (QED) is 0.618. The van der Waals surface area contributed by atoms with E-state index in [0.717, 1.165) is 37.4 Å². The van der Waals surface area contributed by atoms with E-state index >= 15 is 0 Å². The number of pyridine rings is 1. The molecule has 162 valence electrons. The summed E-state index contributed by atoms with van der Waals surface area (Å²) in [6.45, 7) is 3.98. The maximum Gasteiger partial charge on any atom is 0.217 e. The van der Waals surface area contributed by atoms with Gasteiger partial charge >= 0.3 is 0 Å². The molecule has 4 N–H and O–H groups in total. The number of nitrogens with zero attached hydrogens (tertiary/aromatic N) is 1. The lowest BCUT2D eigenvalue weighted by atomic mass is 9.89. The second kappa shape index (κ2) is 10.1. The fraction of sp³-hybridized carbons (Fsp3) is 0.478. The summed E-state index contributed by atoms with van der Waals surface area (Å²) in [6.07, 6.45) is 6.15. The van der Waals surface area contributed by atoms with Crippen molar-refractivity contribution in [3.63, 3.8) is 0 Å². The number of hydrogen-bond donors (Lipinski definition) is 3. The zero-order valence-electron chi connectivity index (χ0n) is 17.6. The third kappa shape index (κ3) is 5.83. The average molecular weight is 417 g/mol. The molecule has 0 spiro atoms. The lowest BCUT2D eigenvalue weighted by molar-refractivity contribution is -0.119. The van der Waals surface area contributed by atoms with E-state index in [1.54, 1.807) is 0 Å². The molecule has 0 aliphatic heterocycles. The second-order valence-electron chi connectivity index (χ2n) is 8.04. The van der Waals surface area contributed by atoms with E-state index in [2.05, 4.69) is 28.6 Å². The predicted octanol–water partition coefficient (Wildman–Crippen LogP) is 2.96. The van der Waals surface area contributed by atoms with Crippen molar-refractivity contribution in [2.45, 2.75) is 64.1 Å². The molecule has 1 aliphatic carbocycles. The highest BCUT2D eigenvalue weighted by Crippen LogP contribution is 2.29. The minimum Gasteiger partial charge on any atom is -0.352 e. The highest BCUT2D eigenvalue weighted by molar-refractivity contribution is 5.73. The zero-order chi connectivity index (χ0) is 21.7. The number of benzene rings is 1. The Morgan fingerprint density at radius 3 is 2.63 bits per heavy atom. The summed E-state index contributed by atoms with van der Waals surface area (Å²) in [6, 6.07) is 4.87. The van der Waals surface area contributed by atoms with Crippen LogP contribution in [0.25, 0.3) is 0 Å². The summed E-state index contributed by atoms with van der Waals surface area (Å²) in [7, 11) is 0. The van der Waals surface area contributed by atoms with Gasteiger partial charge in [-0.05, 0) is 60.9 Å². The standard InChI is InChI=1S/C23H30F2N4O/c1-3-15-9-19-21(27-12-15)5-4-6-22(19)28-13-20(26)23(29-14(2)30)10-16-7-17(24)11-18(25)8-16/h7-9,11-12,20,22-23,28H,3-6,10,13,26H2,1-2H3,(H,29,30)/t20-,22?,23-/m0/s1. The van der Waals surface area contributed by atoms with Crippen molar-refractivity contribution in [1.29, 1.82) is 0 Å². The van der Waals surface area contributed by atoms with Crippen LogP contribution >= 0.6 is 0 Å². The molecule has 1 aromatic heterocycles. The largest absolute Gasteiger partial charge is 0.352 e. The Bertz CT molecular complexity index is 869. The van der Waals surface area contributed by atoms with Crippen LogP contribution < -0.4 is 16.4 Å². The van der Waals surface area contributed by atoms with Crippen LogP contribution in [0.5, 0.6) is 0 Å². The molecule has 1 aliphatic rings. The van der Waals surface area contributed by atoms with Crippen molar-refractivity contribution in [3.05, 3.63) is 64.5 Å². The van der Waals surface area contributed by atoms with Crippen LogP contribution in [0, 0.1) is 11.6 Å². The van der Waals surface area contributed by atoms with E-state index in [4.69, 9.17) is 5.73 Å². The molecule has 0 saturated carbocycles. The molecule has 5 nitrogen and oxygen atoms in total. The molecule has 0 bridgehead atoms. The summed E-state index contributed by atoms with van der Waals surface area (Å²) in [5.74, 6) is -1.51. The first-order valence-electron chi connectivity index (χ1n) is 10.5. The van der Waals surface area contributed by atoms with Crippen molar-refractivity contribution in [3.8, 4) is 0 Å². The predicted molar refractivity (Wildman–Crippen MR) is 113 cm³/mol. The normalized spacial score (nSPS) is 17.8. The Balaban J connectivity index is 1.69. The van der Waals surface area contributed by atoms with Gasteiger partial charge in [0, 0.05) is 49.6 Å². The summed E-state index contributed by atoms with van der Waals surface area (Å²) in [5.41, 5.74) is 10.4. The second-order valence-corrected chi connectivity index (χ2v) is 8.04. The minimum absolute atomic E-state index is 0.156. The summed E-state index contributed by atoms with van der Waals surface area (Å²) in [5, 5.41) is 6.36. The number of nitrogens with one attached hydrogen (secondary N) is 2. The van der Waals surface area contributed by atoms with Gasteiger partial charge in [0.15, 0.2) is 0 Å². The van der Waals surface area contributed by atoms with Crippen LogP contribution in [0.15, 0.2) is 30.5 Å². The molecule has 1 heterocycles. The molecule has 3 rings (SSSR count). The molecule has 1 aromatic carbocycles. The molecule has 0 fully saturated rings. The maximum absolute atomic E-state index is 13.6. The average Bonchev–Trinajstić information content (AvgIpc) is 2.70. The third-order valence-electron chi connectivity index (χ3n) is 5.63. The summed E-state index contributed by atoms with van der Waals surface area (Å²) >= 11 is 0. The first-order chi connectivity index (χ1) is 14.4. The molecule has 3 atom stereocenters. The Morgan fingerprint density at radius 1 is 1.23 bits per heavy atom. The highest BCUT2D eigenvalue weighted by atomic mass is 19.1. The first kappa shape index (κ1) is 22.3. The number of halogens is 2. The Hall–Kier alpha value is -2.38. The van der Waals surface area contributed by atoms with E-state index in [1.807, 2.05) is 6.20 Å². The van der Waals surface area contributed by atoms with E-state index in [9.17, 15) is 13.6 Å². The zero-order valence-corrected chi connectivity index (χ0v) is 17.6. The molecule has 0 saturated heterocycles. The van der Waals surface area contributed by atoms with Gasteiger partial charge in [0.05, 0.1) is 0 Å². The molecule has 0 radical (unpaired) electrons. The van der Waals surface area contributed by atoms with E-state index in [-0.39, 0.29) is 18.4 Å². The summed E-state index contributed by atoms with van der Waals surface area (Å²) in [4.78, 5) is 16.3. The van der Waals surface area contributed by atoms with E-state index < -0.39 is 23.7 Å². The Labute approximate surface area is 176 Å². The van der Waals surface area contributed by atoms with Crippen molar-refractivity contribution in [2.24, 2.45) is 5.73 Å². The van der Waals surface area contributed by atoms with Gasteiger partial charge in [0.2, 0.25) is 5.91 Å². The Morgan fingerprint density at radius 2 is 1.97 bits per heavy atom.